The van der Waals surface area contributed by atoms with Crippen LogP contribution in [0.3, 0.4) is 0 Å². The van der Waals surface area contributed by atoms with Crippen molar-refractivity contribution in [1.82, 2.24) is 4.90 Å². The van der Waals surface area contributed by atoms with Crippen LogP contribution in [0.25, 0.3) is 0 Å². The Morgan fingerprint density at radius 2 is 1.80 bits per heavy atom. The van der Waals surface area contributed by atoms with Crippen LogP contribution in [-0.2, 0) is 16.0 Å². The Balaban J connectivity index is 2.55. The average molecular weight is 380 g/mol. The number of likely N-dealkylation sites (N-methyl/N-ethyl adjacent to an activating group) is 1. The molecule has 0 radical (unpaired) electrons. The number of rotatable bonds is 3. The van der Waals surface area contributed by atoms with Crippen LogP contribution in [0, 0.1) is 12.7 Å². The highest BCUT2D eigenvalue weighted by atomic mass is 32.2. The number of urea groups is 1. The summed E-state index contributed by atoms with van der Waals surface area (Å²) >= 11 is -2.46. The van der Waals surface area contributed by atoms with Crippen molar-refractivity contribution in [2.24, 2.45) is 0 Å². The summed E-state index contributed by atoms with van der Waals surface area (Å²) in [4.78, 5) is 25.8. The van der Waals surface area contributed by atoms with Gasteiger partial charge in [-0.2, -0.15) is 13.2 Å². The van der Waals surface area contributed by atoms with Crippen LogP contribution in [0.4, 0.5) is 28.0 Å². The number of imide groups is 1. The molecule has 1 heterocycles. The molecule has 1 unspecified atom stereocenters. The van der Waals surface area contributed by atoms with Crippen LogP contribution in [0.5, 0.6) is 0 Å². The second-order valence-electron chi connectivity index (χ2n) is 6.22. The quantitative estimate of drug-likeness (QED) is 0.460. The van der Waals surface area contributed by atoms with Gasteiger partial charge in [0.1, 0.15) is 11.4 Å². The van der Waals surface area contributed by atoms with Crippen LogP contribution in [0.15, 0.2) is 17.0 Å². The minimum Gasteiger partial charge on any atom is -0.611 e. The lowest BCUT2D eigenvalue weighted by Crippen LogP contribution is -2.45. The van der Waals surface area contributed by atoms with E-state index in [0.717, 1.165) is 21.9 Å². The first kappa shape index (κ1) is 19.5. The molecule has 10 heteroatoms. The number of carbonyl (C=O) groups is 2. The fraction of sp³-hybridized carbons (Fsp3) is 0.467. The molecule has 1 aliphatic heterocycles. The molecule has 0 N–H and O–H groups in total. The van der Waals surface area contributed by atoms with Gasteiger partial charge in [0.2, 0.25) is 5.75 Å². The van der Waals surface area contributed by atoms with Gasteiger partial charge in [-0.3, -0.25) is 14.6 Å². The molecule has 25 heavy (non-hydrogen) atoms. The fourth-order valence-corrected chi connectivity index (χ4v) is 3.79. The Morgan fingerprint density at radius 3 is 2.24 bits per heavy atom. The summed E-state index contributed by atoms with van der Waals surface area (Å²) in [7, 11) is 1.22. The van der Waals surface area contributed by atoms with Crippen LogP contribution < -0.4 is 4.90 Å². The van der Waals surface area contributed by atoms with E-state index in [4.69, 9.17) is 0 Å². The SMILES string of the molecule is Cc1cc(F)c(N2C(=O)N(C)C(=O)C2(C)C)cc1[S+]([O-])CC(F)(F)F. The molecular weight excluding hydrogens is 364 g/mol. The minimum absolute atomic E-state index is 0.0629. The largest absolute Gasteiger partial charge is 0.611 e. The van der Waals surface area contributed by atoms with E-state index in [9.17, 15) is 31.7 Å². The summed E-state index contributed by atoms with van der Waals surface area (Å²) in [5.74, 6) is -3.07. The third-order valence-electron chi connectivity index (χ3n) is 3.89. The number of hydrogen-bond acceptors (Lipinski definition) is 3. The summed E-state index contributed by atoms with van der Waals surface area (Å²) in [6, 6.07) is 1.04. The highest BCUT2D eigenvalue weighted by Gasteiger charge is 2.51. The lowest BCUT2D eigenvalue weighted by molar-refractivity contribution is -0.128. The number of nitrogens with zero attached hydrogens (tertiary/aromatic N) is 2. The summed E-state index contributed by atoms with van der Waals surface area (Å²) in [6.07, 6.45) is -4.66. The van der Waals surface area contributed by atoms with E-state index in [1.165, 1.54) is 27.8 Å². The number of aryl methyl sites for hydroxylation is 1. The molecular formula is C15H16F4N2O3S. The zero-order chi connectivity index (χ0) is 19.3. The lowest BCUT2D eigenvalue weighted by Gasteiger charge is -2.28. The second kappa shape index (κ2) is 6.17. The zero-order valence-corrected chi connectivity index (χ0v) is 14.7. The van der Waals surface area contributed by atoms with Gasteiger partial charge in [-0.05, 0) is 38.0 Å². The summed E-state index contributed by atoms with van der Waals surface area (Å²) < 4.78 is 64.0. The molecule has 0 aromatic heterocycles. The number of carbonyl (C=O) groups excluding carboxylic acids is 2. The third kappa shape index (κ3) is 3.45. The maximum Gasteiger partial charge on any atom is 0.433 e. The molecule has 1 fully saturated rings. The van der Waals surface area contributed by atoms with Crippen molar-refractivity contribution in [1.29, 1.82) is 0 Å². The summed E-state index contributed by atoms with van der Waals surface area (Å²) in [6.45, 7) is 4.11. The van der Waals surface area contributed by atoms with Crippen molar-refractivity contribution in [2.45, 2.75) is 37.4 Å². The Kier molecular flexibility index (Phi) is 4.81. The van der Waals surface area contributed by atoms with E-state index in [1.807, 2.05) is 0 Å². The molecule has 0 aliphatic carbocycles. The predicted octanol–water partition coefficient (Wildman–Crippen LogP) is 2.98. The fourth-order valence-electron chi connectivity index (χ4n) is 2.67. The highest BCUT2D eigenvalue weighted by molar-refractivity contribution is 7.91. The summed E-state index contributed by atoms with van der Waals surface area (Å²) in [5.41, 5.74) is -1.75. The van der Waals surface area contributed by atoms with Crippen molar-refractivity contribution >= 4 is 28.8 Å². The number of hydrogen-bond donors (Lipinski definition) is 0. The highest BCUT2D eigenvalue weighted by Crippen LogP contribution is 2.37. The molecule has 3 amide bonds. The van der Waals surface area contributed by atoms with E-state index in [2.05, 4.69) is 0 Å². The normalized spacial score (nSPS) is 18.9. The zero-order valence-electron chi connectivity index (χ0n) is 13.9. The van der Waals surface area contributed by atoms with Crippen LogP contribution in [0.2, 0.25) is 0 Å². The molecule has 2 rings (SSSR count). The number of alkyl halides is 3. The molecule has 0 spiro atoms. The van der Waals surface area contributed by atoms with Crippen molar-refractivity contribution in [3.8, 4) is 0 Å². The van der Waals surface area contributed by atoms with E-state index in [0.29, 0.717) is 0 Å². The number of anilines is 1. The van der Waals surface area contributed by atoms with Gasteiger partial charge < -0.3 is 4.55 Å². The Hall–Kier alpha value is -1.81. The smallest absolute Gasteiger partial charge is 0.433 e. The van der Waals surface area contributed by atoms with Crippen molar-refractivity contribution in [3.05, 3.63) is 23.5 Å². The first-order valence-electron chi connectivity index (χ1n) is 7.15. The average Bonchev–Trinajstić information content (AvgIpc) is 2.59. The maximum absolute atomic E-state index is 14.4. The van der Waals surface area contributed by atoms with Gasteiger partial charge in [0, 0.05) is 18.7 Å². The van der Waals surface area contributed by atoms with Crippen LogP contribution in [0.1, 0.15) is 19.4 Å². The molecule has 5 nitrogen and oxygen atoms in total. The molecule has 138 valence electrons. The molecule has 0 saturated carbocycles. The Morgan fingerprint density at radius 1 is 1.24 bits per heavy atom. The van der Waals surface area contributed by atoms with Crippen LogP contribution in [-0.4, -0.2) is 45.9 Å². The van der Waals surface area contributed by atoms with Crippen molar-refractivity contribution < 1.29 is 31.7 Å². The first-order chi connectivity index (χ1) is 11.3. The first-order valence-corrected chi connectivity index (χ1v) is 8.47. The third-order valence-corrected chi connectivity index (χ3v) is 5.41. The van der Waals surface area contributed by atoms with Crippen molar-refractivity contribution in [3.63, 3.8) is 0 Å². The van der Waals surface area contributed by atoms with E-state index < -0.39 is 46.4 Å². The van der Waals surface area contributed by atoms with Gasteiger partial charge in [0.05, 0.1) is 5.69 Å². The topological polar surface area (TPSA) is 63.7 Å². The molecule has 1 saturated heterocycles. The molecule has 1 aliphatic rings. The molecule has 1 atom stereocenters. The maximum atomic E-state index is 14.4. The minimum atomic E-state index is -4.66. The predicted molar refractivity (Wildman–Crippen MR) is 83.2 cm³/mol. The standard InChI is InChI=1S/C15H16F4N2O3S/c1-8-5-9(16)10(6-11(8)25(24)7-15(17,18)19)21-13(23)20(4)12(22)14(21,2)3/h5-6H,7H2,1-4H3. The number of amides is 3. The monoisotopic (exact) mass is 380 g/mol. The molecule has 0 bridgehead atoms. The summed E-state index contributed by atoms with van der Waals surface area (Å²) in [5, 5.41) is 0. The number of benzene rings is 1. The van der Waals surface area contributed by atoms with Gasteiger partial charge in [-0.15, -0.1) is 0 Å². The van der Waals surface area contributed by atoms with Gasteiger partial charge >= 0.3 is 12.2 Å². The van der Waals surface area contributed by atoms with E-state index in [-0.39, 0.29) is 16.1 Å². The molecule has 1 aromatic carbocycles. The van der Waals surface area contributed by atoms with Gasteiger partial charge in [0.25, 0.3) is 5.91 Å². The van der Waals surface area contributed by atoms with Crippen molar-refractivity contribution in [2.75, 3.05) is 17.7 Å². The van der Waals surface area contributed by atoms with Gasteiger partial charge in [-0.25, -0.2) is 9.18 Å². The Labute approximate surface area is 144 Å². The van der Waals surface area contributed by atoms with Gasteiger partial charge in [-0.1, -0.05) is 0 Å². The molecule has 1 aromatic rings. The number of halogens is 4. The lowest BCUT2D eigenvalue weighted by atomic mass is 10.0. The van der Waals surface area contributed by atoms with E-state index in [1.54, 1.807) is 0 Å². The van der Waals surface area contributed by atoms with E-state index >= 15 is 0 Å². The van der Waals surface area contributed by atoms with Crippen LogP contribution >= 0.6 is 0 Å². The Bertz CT molecular complexity index is 736. The van der Waals surface area contributed by atoms with Gasteiger partial charge in [0.15, 0.2) is 4.90 Å². The second-order valence-corrected chi connectivity index (χ2v) is 7.63.